The van der Waals surface area contributed by atoms with Gasteiger partial charge in [0, 0.05) is 22.7 Å². The van der Waals surface area contributed by atoms with Crippen molar-refractivity contribution in [3.05, 3.63) is 41.9 Å². The van der Waals surface area contributed by atoms with Gasteiger partial charge >= 0.3 is 0 Å². The zero-order chi connectivity index (χ0) is 16.9. The summed E-state index contributed by atoms with van der Waals surface area (Å²) in [6.07, 6.45) is 5.73. The number of H-pyrrole nitrogens is 2. The van der Waals surface area contributed by atoms with Crippen molar-refractivity contribution in [1.29, 1.82) is 0 Å². The third-order valence-corrected chi connectivity index (χ3v) is 4.46. The Morgan fingerprint density at radius 1 is 1.20 bits per heavy atom. The molecule has 1 unspecified atom stereocenters. The van der Waals surface area contributed by atoms with E-state index in [-0.39, 0.29) is 0 Å². The van der Waals surface area contributed by atoms with Crippen LogP contribution >= 0.6 is 0 Å². The predicted octanol–water partition coefficient (Wildman–Crippen LogP) is 1.33. The molecule has 1 aliphatic carbocycles. The number of hydrazone groups is 1. The first-order valence-electron chi connectivity index (χ1n) is 8.14. The molecule has 9 nitrogen and oxygen atoms in total. The van der Waals surface area contributed by atoms with Crippen LogP contribution in [0.4, 0.5) is 5.69 Å². The Balaban J connectivity index is 1.42. The lowest BCUT2D eigenvalue weighted by molar-refractivity contribution is 0.607. The lowest BCUT2D eigenvalue weighted by atomic mass is 10.1. The zero-order valence-electron chi connectivity index (χ0n) is 13.3. The van der Waals surface area contributed by atoms with Crippen LogP contribution in [0.1, 0.15) is 30.1 Å². The van der Waals surface area contributed by atoms with Crippen molar-refractivity contribution < 1.29 is 0 Å². The van der Waals surface area contributed by atoms with Gasteiger partial charge in [0.2, 0.25) is 5.96 Å². The Morgan fingerprint density at radius 2 is 2.12 bits per heavy atom. The van der Waals surface area contributed by atoms with Crippen molar-refractivity contribution in [3.8, 4) is 0 Å². The molecule has 3 heterocycles. The van der Waals surface area contributed by atoms with E-state index < -0.39 is 5.66 Å². The maximum atomic E-state index is 6.42. The summed E-state index contributed by atoms with van der Waals surface area (Å²) in [5.74, 6) is 1.03. The summed E-state index contributed by atoms with van der Waals surface area (Å²) in [6.45, 7) is 0. The first-order chi connectivity index (χ1) is 12.2. The SMILES string of the molecule is NC1(c2cc(C3CC3)[nH]n2)C=NNC(Nc2ccc3cn[nH]c3c2)=N1. The second kappa shape index (κ2) is 5.15. The third-order valence-electron chi connectivity index (χ3n) is 4.46. The highest BCUT2D eigenvalue weighted by Crippen LogP contribution is 2.39. The van der Waals surface area contributed by atoms with Crippen molar-refractivity contribution in [1.82, 2.24) is 25.8 Å². The second-order valence-corrected chi connectivity index (χ2v) is 6.44. The molecule has 9 heteroatoms. The minimum atomic E-state index is -1.10. The third kappa shape index (κ3) is 2.54. The van der Waals surface area contributed by atoms with Crippen molar-refractivity contribution >= 4 is 28.8 Å². The predicted molar refractivity (Wildman–Crippen MR) is 95.2 cm³/mol. The molecule has 0 bridgehead atoms. The summed E-state index contributed by atoms with van der Waals surface area (Å²) in [6, 6.07) is 7.84. The molecule has 126 valence electrons. The number of nitrogens with two attached hydrogens (primary N) is 1. The average Bonchev–Trinajstić information content (AvgIpc) is 3.15. The highest BCUT2D eigenvalue weighted by molar-refractivity contribution is 5.98. The standard InChI is InChI=1S/C16H17N9/c17-16(14-6-13(23-24-14)9-1-2-9)8-19-25-15(21-16)20-11-4-3-10-7-18-22-12(10)5-11/h3-9H,1-2,17H2,(H,18,22)(H,23,24)(H2,20,21,25). The van der Waals surface area contributed by atoms with Gasteiger partial charge < -0.3 is 5.32 Å². The van der Waals surface area contributed by atoms with Crippen LogP contribution in [-0.4, -0.2) is 32.6 Å². The number of aromatic amines is 2. The van der Waals surface area contributed by atoms with Crippen LogP contribution in [0.15, 0.2) is 40.6 Å². The molecular weight excluding hydrogens is 318 g/mol. The molecule has 3 aromatic rings. The minimum absolute atomic E-state index is 0.458. The fraction of sp³-hybridized carbons (Fsp3) is 0.250. The molecule has 0 spiro atoms. The molecule has 25 heavy (non-hydrogen) atoms. The van der Waals surface area contributed by atoms with Gasteiger partial charge in [-0.3, -0.25) is 15.9 Å². The van der Waals surface area contributed by atoms with E-state index in [2.05, 4.69) is 41.2 Å². The number of fused-ring (bicyclic) bond motifs is 1. The van der Waals surface area contributed by atoms with Crippen LogP contribution in [0, 0.1) is 0 Å². The summed E-state index contributed by atoms with van der Waals surface area (Å²) in [5.41, 5.74) is 11.7. The van der Waals surface area contributed by atoms with Crippen LogP contribution in [0.5, 0.6) is 0 Å². The van der Waals surface area contributed by atoms with Gasteiger partial charge in [-0.2, -0.15) is 15.3 Å². The fourth-order valence-electron chi connectivity index (χ4n) is 2.91. The van der Waals surface area contributed by atoms with E-state index in [0.717, 1.165) is 22.3 Å². The highest BCUT2D eigenvalue weighted by Gasteiger charge is 2.33. The van der Waals surface area contributed by atoms with Crippen molar-refractivity contribution in [2.45, 2.75) is 24.4 Å². The largest absolute Gasteiger partial charge is 0.325 e. The van der Waals surface area contributed by atoms with Crippen LogP contribution in [0.25, 0.3) is 10.9 Å². The Kier molecular flexibility index (Phi) is 2.92. The smallest absolute Gasteiger partial charge is 0.219 e. The molecule has 0 radical (unpaired) electrons. The van der Waals surface area contributed by atoms with Gasteiger partial charge in [-0.1, -0.05) is 0 Å². The number of rotatable bonds is 3. The number of anilines is 1. The molecule has 6 N–H and O–H groups in total. The highest BCUT2D eigenvalue weighted by atomic mass is 15.4. The Bertz CT molecular complexity index is 994. The van der Waals surface area contributed by atoms with Crippen molar-refractivity contribution in [2.24, 2.45) is 15.8 Å². The van der Waals surface area contributed by atoms with E-state index in [0.29, 0.717) is 17.6 Å². The number of aliphatic imine (C=N–C) groups is 1. The van der Waals surface area contributed by atoms with Crippen molar-refractivity contribution in [2.75, 3.05) is 5.32 Å². The fourth-order valence-corrected chi connectivity index (χ4v) is 2.91. The molecule has 2 aliphatic rings. The minimum Gasteiger partial charge on any atom is -0.325 e. The number of nitrogens with zero attached hydrogens (tertiary/aromatic N) is 4. The van der Waals surface area contributed by atoms with Gasteiger partial charge in [0.05, 0.1) is 17.9 Å². The first kappa shape index (κ1) is 14.2. The summed E-state index contributed by atoms with van der Waals surface area (Å²) in [4.78, 5) is 4.55. The maximum Gasteiger partial charge on any atom is 0.219 e. The number of nitrogens with one attached hydrogen (secondary N) is 4. The van der Waals surface area contributed by atoms with Gasteiger partial charge in [0.25, 0.3) is 0 Å². The normalized spacial score (nSPS) is 22.7. The quantitative estimate of drug-likeness (QED) is 0.492. The van der Waals surface area contributed by atoms with Crippen molar-refractivity contribution in [3.63, 3.8) is 0 Å². The summed E-state index contributed by atoms with van der Waals surface area (Å²) >= 11 is 0. The zero-order valence-corrected chi connectivity index (χ0v) is 13.3. The molecule has 1 fully saturated rings. The van der Waals surface area contributed by atoms with Crippen LogP contribution in [-0.2, 0) is 5.66 Å². The van der Waals surface area contributed by atoms with Gasteiger partial charge in [-0.25, -0.2) is 10.4 Å². The molecule has 5 rings (SSSR count). The van der Waals surface area contributed by atoms with Gasteiger partial charge in [0.15, 0.2) is 5.66 Å². The van der Waals surface area contributed by atoms with E-state index >= 15 is 0 Å². The molecule has 2 aromatic heterocycles. The Morgan fingerprint density at radius 3 is 3.00 bits per heavy atom. The van der Waals surface area contributed by atoms with Gasteiger partial charge in [0.1, 0.15) is 5.69 Å². The molecule has 1 saturated carbocycles. The first-order valence-corrected chi connectivity index (χ1v) is 8.14. The second-order valence-electron chi connectivity index (χ2n) is 6.44. The number of hydrogen-bond acceptors (Lipinski definition) is 7. The summed E-state index contributed by atoms with van der Waals surface area (Å²) < 4.78 is 0. The van der Waals surface area contributed by atoms with Gasteiger partial charge in [-0.15, -0.1) is 0 Å². The summed E-state index contributed by atoms with van der Waals surface area (Å²) in [5, 5.41) is 22.7. The lowest BCUT2D eigenvalue weighted by Gasteiger charge is -2.23. The van der Waals surface area contributed by atoms with E-state index in [9.17, 15) is 0 Å². The van der Waals surface area contributed by atoms with Crippen LogP contribution in [0.2, 0.25) is 0 Å². The number of benzene rings is 1. The monoisotopic (exact) mass is 335 g/mol. The van der Waals surface area contributed by atoms with Crippen LogP contribution in [0.3, 0.4) is 0 Å². The van der Waals surface area contributed by atoms with E-state index in [1.165, 1.54) is 12.8 Å². The molecule has 0 amide bonds. The average molecular weight is 335 g/mol. The van der Waals surface area contributed by atoms with Gasteiger partial charge in [-0.05, 0) is 37.1 Å². The molecular formula is C16H17N9. The summed E-state index contributed by atoms with van der Waals surface area (Å²) in [7, 11) is 0. The Labute approximate surface area is 142 Å². The molecule has 1 atom stereocenters. The molecule has 1 aliphatic heterocycles. The molecule has 0 saturated heterocycles. The number of guanidine groups is 1. The number of aromatic nitrogens is 4. The number of hydrogen-bond donors (Lipinski definition) is 5. The van der Waals surface area contributed by atoms with Crippen LogP contribution < -0.4 is 16.5 Å². The Hall–Kier alpha value is -3.20. The maximum absolute atomic E-state index is 6.42. The topological polar surface area (TPSA) is 132 Å². The molecule has 1 aromatic carbocycles. The van der Waals surface area contributed by atoms with E-state index in [1.54, 1.807) is 12.4 Å². The lowest BCUT2D eigenvalue weighted by Crippen LogP contribution is -2.45. The van der Waals surface area contributed by atoms with E-state index in [4.69, 9.17) is 5.73 Å². The van der Waals surface area contributed by atoms with E-state index in [1.807, 2.05) is 24.3 Å².